The molecule has 0 bridgehead atoms. The number of hydrogen-bond acceptors (Lipinski definition) is 2. The molecule has 2 aromatic rings. The predicted molar refractivity (Wildman–Crippen MR) is 90.8 cm³/mol. The van der Waals surface area contributed by atoms with Crippen molar-refractivity contribution in [1.29, 1.82) is 0 Å². The Morgan fingerprint density at radius 2 is 1.82 bits per heavy atom. The first-order valence-electron chi connectivity index (χ1n) is 8.27. The molecule has 0 spiro atoms. The summed E-state index contributed by atoms with van der Waals surface area (Å²) in [6.45, 7) is 0.518. The summed E-state index contributed by atoms with van der Waals surface area (Å²) in [4.78, 5) is 12.5. The van der Waals surface area contributed by atoms with Crippen LogP contribution in [0.3, 0.4) is 0 Å². The summed E-state index contributed by atoms with van der Waals surface area (Å²) in [6.07, 6.45) is 6.19. The first-order chi connectivity index (χ1) is 10.8. The highest BCUT2D eigenvalue weighted by atomic mass is 16.1. The van der Waals surface area contributed by atoms with Gasteiger partial charge in [0.25, 0.3) is 5.91 Å². The average Bonchev–Trinajstić information content (AvgIpc) is 2.59. The molecule has 22 heavy (non-hydrogen) atoms. The molecule has 0 saturated heterocycles. The summed E-state index contributed by atoms with van der Waals surface area (Å²) in [5.41, 5.74) is 6.62. The largest absolute Gasteiger partial charge is 0.348 e. The average molecular weight is 296 g/mol. The minimum absolute atomic E-state index is 0.00761. The van der Waals surface area contributed by atoms with Gasteiger partial charge in [0.15, 0.2) is 0 Å². The number of carbonyl (C=O) groups excluding carboxylic acids is 1. The van der Waals surface area contributed by atoms with E-state index in [-0.39, 0.29) is 11.9 Å². The molecule has 0 aromatic heterocycles. The zero-order valence-corrected chi connectivity index (χ0v) is 12.9. The SMILES string of the molecule is NCC(NC(=O)c1ccc2ccccc2c1)C1CCCCC1. The van der Waals surface area contributed by atoms with Gasteiger partial charge in [-0.3, -0.25) is 4.79 Å². The summed E-state index contributed by atoms with van der Waals surface area (Å²) in [6, 6.07) is 14.0. The van der Waals surface area contributed by atoms with E-state index in [1.54, 1.807) is 0 Å². The second-order valence-electron chi connectivity index (χ2n) is 6.28. The Kier molecular flexibility index (Phi) is 4.74. The Morgan fingerprint density at radius 1 is 1.09 bits per heavy atom. The van der Waals surface area contributed by atoms with Gasteiger partial charge in [0.1, 0.15) is 0 Å². The van der Waals surface area contributed by atoms with E-state index in [2.05, 4.69) is 11.4 Å². The summed E-state index contributed by atoms with van der Waals surface area (Å²) in [5, 5.41) is 5.40. The number of amides is 1. The van der Waals surface area contributed by atoms with Crippen molar-refractivity contribution in [2.75, 3.05) is 6.54 Å². The highest BCUT2D eigenvalue weighted by molar-refractivity contribution is 5.98. The van der Waals surface area contributed by atoms with Crippen LogP contribution in [0.2, 0.25) is 0 Å². The van der Waals surface area contributed by atoms with Crippen LogP contribution in [0.25, 0.3) is 10.8 Å². The maximum atomic E-state index is 12.5. The summed E-state index contributed by atoms with van der Waals surface area (Å²) in [7, 11) is 0. The Hall–Kier alpha value is -1.87. The van der Waals surface area contributed by atoms with E-state index >= 15 is 0 Å². The van der Waals surface area contributed by atoms with Gasteiger partial charge in [-0.15, -0.1) is 0 Å². The molecule has 0 heterocycles. The number of rotatable bonds is 4. The third-order valence-electron chi connectivity index (χ3n) is 4.80. The lowest BCUT2D eigenvalue weighted by Crippen LogP contribution is -2.45. The number of nitrogens with one attached hydrogen (secondary N) is 1. The molecule has 1 aliphatic carbocycles. The predicted octanol–water partition coefficient (Wildman–Crippen LogP) is 3.48. The minimum atomic E-state index is -0.00761. The van der Waals surface area contributed by atoms with E-state index in [9.17, 15) is 4.79 Å². The zero-order chi connectivity index (χ0) is 15.4. The second kappa shape index (κ2) is 6.93. The van der Waals surface area contributed by atoms with Crippen LogP contribution in [0.15, 0.2) is 42.5 Å². The molecular weight excluding hydrogens is 272 g/mol. The van der Waals surface area contributed by atoms with Crippen LogP contribution in [0.5, 0.6) is 0 Å². The first kappa shape index (κ1) is 15.0. The van der Waals surface area contributed by atoms with Crippen molar-refractivity contribution >= 4 is 16.7 Å². The van der Waals surface area contributed by atoms with E-state index < -0.39 is 0 Å². The van der Waals surface area contributed by atoms with Gasteiger partial charge in [-0.05, 0) is 41.7 Å². The lowest BCUT2D eigenvalue weighted by molar-refractivity contribution is 0.0915. The molecule has 3 heteroatoms. The Bertz CT molecular complexity index is 647. The van der Waals surface area contributed by atoms with Crippen molar-refractivity contribution in [1.82, 2.24) is 5.32 Å². The standard InChI is InChI=1S/C19H24N2O/c20-13-18(15-7-2-1-3-8-15)21-19(22)17-11-10-14-6-4-5-9-16(14)12-17/h4-6,9-12,15,18H,1-3,7-8,13,20H2,(H,21,22). The smallest absolute Gasteiger partial charge is 0.251 e. The Balaban J connectivity index is 1.73. The van der Waals surface area contributed by atoms with E-state index in [1.807, 2.05) is 36.4 Å². The van der Waals surface area contributed by atoms with Gasteiger partial charge in [0.2, 0.25) is 0 Å². The van der Waals surface area contributed by atoms with E-state index in [1.165, 1.54) is 32.1 Å². The normalized spacial score (nSPS) is 17.3. The van der Waals surface area contributed by atoms with E-state index in [4.69, 9.17) is 5.73 Å². The minimum Gasteiger partial charge on any atom is -0.348 e. The molecule has 1 atom stereocenters. The zero-order valence-electron chi connectivity index (χ0n) is 12.9. The summed E-state index contributed by atoms with van der Waals surface area (Å²) >= 11 is 0. The molecule has 2 aromatic carbocycles. The van der Waals surface area contributed by atoms with Crippen molar-refractivity contribution in [3.05, 3.63) is 48.0 Å². The lowest BCUT2D eigenvalue weighted by Gasteiger charge is -2.30. The third-order valence-corrected chi connectivity index (χ3v) is 4.80. The fourth-order valence-electron chi connectivity index (χ4n) is 3.49. The molecule has 1 unspecified atom stereocenters. The van der Waals surface area contributed by atoms with Crippen molar-refractivity contribution < 1.29 is 4.79 Å². The molecule has 1 aliphatic rings. The summed E-state index contributed by atoms with van der Waals surface area (Å²) in [5.74, 6) is 0.523. The molecule has 0 radical (unpaired) electrons. The van der Waals surface area contributed by atoms with Gasteiger partial charge in [-0.1, -0.05) is 49.6 Å². The van der Waals surface area contributed by atoms with E-state index in [0.29, 0.717) is 18.0 Å². The Morgan fingerprint density at radius 3 is 2.55 bits per heavy atom. The van der Waals surface area contributed by atoms with Crippen LogP contribution in [-0.2, 0) is 0 Å². The maximum absolute atomic E-state index is 12.5. The molecule has 0 aliphatic heterocycles. The van der Waals surface area contributed by atoms with E-state index in [0.717, 1.165) is 10.8 Å². The third kappa shape index (κ3) is 3.30. The van der Waals surface area contributed by atoms with Crippen LogP contribution in [-0.4, -0.2) is 18.5 Å². The van der Waals surface area contributed by atoms with Crippen LogP contribution in [0, 0.1) is 5.92 Å². The molecular formula is C19H24N2O. The maximum Gasteiger partial charge on any atom is 0.251 e. The highest BCUT2D eigenvalue weighted by Crippen LogP contribution is 2.26. The van der Waals surface area contributed by atoms with Gasteiger partial charge in [0.05, 0.1) is 0 Å². The van der Waals surface area contributed by atoms with Gasteiger partial charge in [-0.2, -0.15) is 0 Å². The molecule has 1 amide bonds. The van der Waals surface area contributed by atoms with Gasteiger partial charge in [0, 0.05) is 18.2 Å². The number of hydrogen-bond donors (Lipinski definition) is 2. The van der Waals surface area contributed by atoms with Crippen molar-refractivity contribution in [2.24, 2.45) is 11.7 Å². The first-order valence-corrected chi connectivity index (χ1v) is 8.27. The quantitative estimate of drug-likeness (QED) is 0.907. The molecule has 116 valence electrons. The molecule has 3 N–H and O–H groups in total. The fraction of sp³-hybridized carbons (Fsp3) is 0.421. The molecule has 3 rings (SSSR count). The van der Waals surface area contributed by atoms with Crippen LogP contribution in [0.4, 0.5) is 0 Å². The number of fused-ring (bicyclic) bond motifs is 1. The molecule has 1 saturated carbocycles. The van der Waals surface area contributed by atoms with Gasteiger partial charge in [-0.25, -0.2) is 0 Å². The number of nitrogens with two attached hydrogens (primary N) is 1. The molecule has 3 nitrogen and oxygen atoms in total. The fourth-order valence-corrected chi connectivity index (χ4v) is 3.49. The lowest BCUT2D eigenvalue weighted by atomic mass is 9.84. The number of benzene rings is 2. The Labute approximate surface area is 131 Å². The monoisotopic (exact) mass is 296 g/mol. The van der Waals surface area contributed by atoms with Crippen molar-refractivity contribution in [3.63, 3.8) is 0 Å². The topological polar surface area (TPSA) is 55.1 Å². The van der Waals surface area contributed by atoms with Crippen molar-refractivity contribution in [3.8, 4) is 0 Å². The van der Waals surface area contributed by atoms with Gasteiger partial charge >= 0.3 is 0 Å². The van der Waals surface area contributed by atoms with Crippen molar-refractivity contribution in [2.45, 2.75) is 38.1 Å². The van der Waals surface area contributed by atoms with Crippen LogP contribution in [0.1, 0.15) is 42.5 Å². The number of carbonyl (C=O) groups is 1. The highest BCUT2D eigenvalue weighted by Gasteiger charge is 2.24. The van der Waals surface area contributed by atoms with Gasteiger partial charge < -0.3 is 11.1 Å². The summed E-state index contributed by atoms with van der Waals surface area (Å²) < 4.78 is 0. The van der Waals surface area contributed by atoms with Crippen LogP contribution < -0.4 is 11.1 Å². The molecule has 1 fully saturated rings. The van der Waals surface area contributed by atoms with Crippen LogP contribution >= 0.6 is 0 Å². The second-order valence-corrected chi connectivity index (χ2v) is 6.28.